The fourth-order valence-electron chi connectivity index (χ4n) is 1.81. The van der Waals surface area contributed by atoms with Crippen molar-refractivity contribution in [3.8, 4) is 0 Å². The topological polar surface area (TPSA) is 90.3 Å². The van der Waals surface area contributed by atoms with E-state index in [0.29, 0.717) is 12.1 Å². The van der Waals surface area contributed by atoms with Gasteiger partial charge in [0.1, 0.15) is 5.56 Å². The van der Waals surface area contributed by atoms with Gasteiger partial charge in [-0.3, -0.25) is 15.0 Å². The highest BCUT2D eigenvalue weighted by Gasteiger charge is 2.17. The first-order chi connectivity index (χ1) is 9.58. The predicted octanol–water partition coefficient (Wildman–Crippen LogP) is 0.582. The number of nitrogens with zero attached hydrogens (tertiary/aromatic N) is 2. The zero-order valence-electron chi connectivity index (χ0n) is 11.0. The van der Waals surface area contributed by atoms with Gasteiger partial charge in [0, 0.05) is 11.9 Å². The molecule has 104 valence electrons. The van der Waals surface area contributed by atoms with E-state index in [0.717, 1.165) is 0 Å². The van der Waals surface area contributed by atoms with Crippen LogP contribution in [-0.2, 0) is 9.53 Å². The van der Waals surface area contributed by atoms with E-state index in [1.807, 2.05) is 0 Å². The SMILES string of the molecule is CCOC(=O)c1cn(NC=O)c2nc(C)ccc2c1=O. The van der Waals surface area contributed by atoms with Crippen molar-refractivity contribution in [1.29, 1.82) is 0 Å². The van der Waals surface area contributed by atoms with Gasteiger partial charge in [-0.1, -0.05) is 0 Å². The van der Waals surface area contributed by atoms with E-state index in [1.54, 1.807) is 26.0 Å². The summed E-state index contributed by atoms with van der Waals surface area (Å²) in [7, 11) is 0. The van der Waals surface area contributed by atoms with Crippen LogP contribution in [0, 0.1) is 6.92 Å². The fourth-order valence-corrected chi connectivity index (χ4v) is 1.81. The first kappa shape index (κ1) is 13.7. The Hall–Kier alpha value is -2.70. The lowest BCUT2D eigenvalue weighted by atomic mass is 10.2. The Morgan fingerprint density at radius 3 is 2.90 bits per heavy atom. The number of aromatic nitrogens is 2. The fraction of sp³-hybridized carbons (Fsp3) is 0.231. The van der Waals surface area contributed by atoms with Crippen LogP contribution in [0.4, 0.5) is 0 Å². The summed E-state index contributed by atoms with van der Waals surface area (Å²) in [5, 5.41) is 0.232. The Balaban J connectivity index is 2.76. The average molecular weight is 275 g/mol. The standard InChI is InChI=1S/C13H13N3O4/c1-3-20-13(19)10-6-16(14-7-17)12-9(11(10)18)5-4-8(2)15-12/h4-7H,3H2,1-2H3,(H,14,17). The second-order valence-corrected chi connectivity index (χ2v) is 4.03. The number of hydrogen-bond acceptors (Lipinski definition) is 5. The Kier molecular flexibility index (Phi) is 3.79. The molecule has 0 spiro atoms. The number of amides is 1. The summed E-state index contributed by atoms with van der Waals surface area (Å²) in [6, 6.07) is 3.22. The number of fused-ring (bicyclic) bond motifs is 1. The third-order valence-electron chi connectivity index (χ3n) is 2.68. The molecule has 7 heteroatoms. The van der Waals surface area contributed by atoms with Gasteiger partial charge in [-0.15, -0.1) is 0 Å². The highest BCUT2D eigenvalue weighted by atomic mass is 16.5. The lowest BCUT2D eigenvalue weighted by molar-refractivity contribution is -0.106. The summed E-state index contributed by atoms with van der Waals surface area (Å²) in [5.41, 5.74) is 2.69. The lowest BCUT2D eigenvalue weighted by Gasteiger charge is -2.11. The zero-order chi connectivity index (χ0) is 14.7. The van der Waals surface area contributed by atoms with Crippen LogP contribution in [0.1, 0.15) is 23.0 Å². The van der Waals surface area contributed by atoms with Gasteiger partial charge in [0.2, 0.25) is 11.8 Å². The largest absolute Gasteiger partial charge is 0.462 e. The van der Waals surface area contributed by atoms with Crippen molar-refractivity contribution in [3.63, 3.8) is 0 Å². The van der Waals surface area contributed by atoms with E-state index in [1.165, 1.54) is 10.9 Å². The minimum atomic E-state index is -0.735. The van der Waals surface area contributed by atoms with Gasteiger partial charge < -0.3 is 4.74 Å². The molecular weight excluding hydrogens is 262 g/mol. The number of carbonyl (C=O) groups excluding carboxylic acids is 2. The molecule has 0 aliphatic carbocycles. The molecule has 2 aromatic rings. The maximum atomic E-state index is 12.2. The number of carbonyl (C=O) groups is 2. The first-order valence-electron chi connectivity index (χ1n) is 5.98. The second kappa shape index (κ2) is 5.52. The molecule has 0 unspecified atom stereocenters. The molecule has 1 N–H and O–H groups in total. The van der Waals surface area contributed by atoms with E-state index < -0.39 is 11.4 Å². The number of esters is 1. The van der Waals surface area contributed by atoms with Crippen molar-refractivity contribution in [3.05, 3.63) is 39.8 Å². The normalized spacial score (nSPS) is 10.3. The van der Waals surface area contributed by atoms with Crippen LogP contribution in [0.5, 0.6) is 0 Å². The minimum Gasteiger partial charge on any atom is -0.462 e. The minimum absolute atomic E-state index is 0.153. The molecule has 20 heavy (non-hydrogen) atoms. The summed E-state index contributed by atoms with van der Waals surface area (Å²) in [6.45, 7) is 3.56. The summed E-state index contributed by atoms with van der Waals surface area (Å²) >= 11 is 0. The van der Waals surface area contributed by atoms with Crippen LogP contribution in [-0.4, -0.2) is 28.6 Å². The molecule has 2 heterocycles. The van der Waals surface area contributed by atoms with Gasteiger partial charge in [-0.05, 0) is 26.0 Å². The third-order valence-corrected chi connectivity index (χ3v) is 2.68. The van der Waals surface area contributed by atoms with Crippen LogP contribution in [0.2, 0.25) is 0 Å². The van der Waals surface area contributed by atoms with Gasteiger partial charge in [0.15, 0.2) is 5.65 Å². The number of ether oxygens (including phenoxy) is 1. The molecule has 0 aliphatic rings. The van der Waals surface area contributed by atoms with Crippen LogP contribution in [0.15, 0.2) is 23.1 Å². The second-order valence-electron chi connectivity index (χ2n) is 4.03. The first-order valence-corrected chi connectivity index (χ1v) is 5.98. The van der Waals surface area contributed by atoms with Gasteiger partial charge in [-0.25, -0.2) is 14.5 Å². The van der Waals surface area contributed by atoms with Crippen LogP contribution < -0.4 is 10.9 Å². The Morgan fingerprint density at radius 1 is 1.50 bits per heavy atom. The third kappa shape index (κ3) is 2.37. The lowest BCUT2D eigenvalue weighted by Crippen LogP contribution is -2.25. The van der Waals surface area contributed by atoms with E-state index in [9.17, 15) is 14.4 Å². The van der Waals surface area contributed by atoms with Crippen LogP contribution in [0.3, 0.4) is 0 Å². The molecule has 0 fully saturated rings. The Bertz CT molecular complexity index is 736. The van der Waals surface area contributed by atoms with Crippen molar-refractivity contribution >= 4 is 23.4 Å². The molecule has 7 nitrogen and oxygen atoms in total. The highest BCUT2D eigenvalue weighted by molar-refractivity contribution is 5.93. The van der Waals surface area contributed by atoms with Gasteiger partial charge in [0.25, 0.3) is 0 Å². The molecular formula is C13H13N3O4. The summed E-state index contributed by atoms with van der Waals surface area (Å²) < 4.78 is 6.05. The van der Waals surface area contributed by atoms with Crippen LogP contribution in [0.25, 0.3) is 11.0 Å². The Labute approximate surface area is 114 Å². The zero-order valence-corrected chi connectivity index (χ0v) is 11.0. The molecule has 0 aliphatic heterocycles. The van der Waals surface area contributed by atoms with E-state index in [2.05, 4.69) is 10.4 Å². The number of nitrogens with one attached hydrogen (secondary N) is 1. The number of pyridine rings is 2. The number of hydrogen-bond donors (Lipinski definition) is 1. The van der Waals surface area contributed by atoms with E-state index in [4.69, 9.17) is 4.74 Å². The summed E-state index contributed by atoms with van der Waals surface area (Å²) in [5.74, 6) is -0.735. The number of rotatable bonds is 4. The molecule has 0 saturated heterocycles. The molecule has 2 rings (SSSR count). The average Bonchev–Trinajstić information content (AvgIpc) is 2.42. The van der Waals surface area contributed by atoms with Gasteiger partial charge in [0.05, 0.1) is 12.0 Å². The summed E-state index contributed by atoms with van der Waals surface area (Å²) in [6.07, 6.45) is 1.65. The molecule has 1 amide bonds. The van der Waals surface area contributed by atoms with E-state index >= 15 is 0 Å². The molecule has 0 radical (unpaired) electrons. The molecule has 2 aromatic heterocycles. The van der Waals surface area contributed by atoms with Crippen molar-refractivity contribution in [2.75, 3.05) is 12.0 Å². The van der Waals surface area contributed by atoms with Gasteiger partial charge >= 0.3 is 5.97 Å². The highest BCUT2D eigenvalue weighted by Crippen LogP contribution is 2.10. The molecule has 0 aromatic carbocycles. The quantitative estimate of drug-likeness (QED) is 0.651. The summed E-state index contributed by atoms with van der Waals surface area (Å²) in [4.78, 5) is 38.8. The number of aryl methyl sites for hydroxylation is 1. The maximum absolute atomic E-state index is 12.2. The molecule has 0 bridgehead atoms. The van der Waals surface area contributed by atoms with Gasteiger partial charge in [-0.2, -0.15) is 0 Å². The molecule has 0 atom stereocenters. The van der Waals surface area contributed by atoms with Crippen molar-refractivity contribution in [2.45, 2.75) is 13.8 Å². The van der Waals surface area contributed by atoms with Crippen molar-refractivity contribution in [2.24, 2.45) is 0 Å². The van der Waals surface area contributed by atoms with Crippen molar-refractivity contribution < 1.29 is 14.3 Å². The smallest absolute Gasteiger partial charge is 0.343 e. The van der Waals surface area contributed by atoms with Crippen LogP contribution >= 0.6 is 0 Å². The van der Waals surface area contributed by atoms with E-state index in [-0.39, 0.29) is 23.2 Å². The Morgan fingerprint density at radius 2 is 2.25 bits per heavy atom. The predicted molar refractivity (Wildman–Crippen MR) is 72.1 cm³/mol. The maximum Gasteiger partial charge on any atom is 0.343 e. The van der Waals surface area contributed by atoms with Crippen molar-refractivity contribution in [1.82, 2.24) is 9.66 Å². The molecule has 0 saturated carbocycles. The monoisotopic (exact) mass is 275 g/mol.